The summed E-state index contributed by atoms with van der Waals surface area (Å²) in [5, 5.41) is 8.66. The first-order valence-electron chi connectivity index (χ1n) is 6.18. The Morgan fingerprint density at radius 1 is 1.33 bits per heavy atom. The highest BCUT2D eigenvalue weighted by molar-refractivity contribution is 5.79. The Bertz CT molecular complexity index is 591. The number of imidazole rings is 1. The van der Waals surface area contributed by atoms with Crippen molar-refractivity contribution in [1.29, 1.82) is 0 Å². The number of nitrogens with zero attached hydrogens (tertiary/aromatic N) is 3. The van der Waals surface area contributed by atoms with Crippen LogP contribution in [0.4, 0.5) is 5.95 Å². The van der Waals surface area contributed by atoms with Gasteiger partial charge >= 0.3 is 5.97 Å². The molecule has 0 radical (unpaired) electrons. The number of rotatable bonds is 4. The van der Waals surface area contributed by atoms with Crippen LogP contribution < -0.4 is 4.90 Å². The van der Waals surface area contributed by atoms with Crippen LogP contribution in [0.15, 0.2) is 24.3 Å². The predicted octanol–water partition coefficient (Wildman–Crippen LogP) is 1.72. The fourth-order valence-corrected chi connectivity index (χ4v) is 2.48. The topological polar surface area (TPSA) is 58.4 Å². The lowest BCUT2D eigenvalue weighted by molar-refractivity contribution is -0.137. The standard InChI is InChI=1S/C13H15N3O2/c17-12(18)6-3-7-15-8-9-16-11-5-2-1-4-10(11)14-13(15)16/h1-2,4-5H,3,6-9H2,(H,17,18). The van der Waals surface area contributed by atoms with Crippen LogP contribution in [0.5, 0.6) is 0 Å². The second-order valence-electron chi connectivity index (χ2n) is 4.54. The zero-order chi connectivity index (χ0) is 12.5. The molecule has 1 aromatic heterocycles. The summed E-state index contributed by atoms with van der Waals surface area (Å²) in [6.07, 6.45) is 0.884. The van der Waals surface area contributed by atoms with Gasteiger partial charge in [0, 0.05) is 26.1 Å². The van der Waals surface area contributed by atoms with E-state index in [0.29, 0.717) is 6.42 Å². The van der Waals surface area contributed by atoms with E-state index in [1.807, 2.05) is 18.2 Å². The Labute approximate surface area is 105 Å². The van der Waals surface area contributed by atoms with E-state index in [4.69, 9.17) is 5.11 Å². The normalized spacial score (nSPS) is 14.1. The first-order valence-corrected chi connectivity index (χ1v) is 6.18. The third-order valence-corrected chi connectivity index (χ3v) is 3.33. The number of para-hydroxylation sites is 2. The van der Waals surface area contributed by atoms with Crippen molar-refractivity contribution < 1.29 is 9.90 Å². The smallest absolute Gasteiger partial charge is 0.303 e. The molecule has 3 rings (SSSR count). The molecule has 1 aliphatic heterocycles. The Kier molecular flexibility index (Phi) is 2.66. The Morgan fingerprint density at radius 3 is 3.00 bits per heavy atom. The van der Waals surface area contributed by atoms with Crippen LogP contribution in [0.1, 0.15) is 12.8 Å². The third kappa shape index (κ3) is 1.81. The molecule has 18 heavy (non-hydrogen) atoms. The van der Waals surface area contributed by atoms with Gasteiger partial charge in [-0.15, -0.1) is 0 Å². The second-order valence-corrected chi connectivity index (χ2v) is 4.54. The lowest BCUT2D eigenvalue weighted by atomic mass is 10.3. The number of fused-ring (bicyclic) bond motifs is 3. The number of carbonyl (C=O) groups is 1. The fraction of sp³-hybridized carbons (Fsp3) is 0.385. The molecule has 0 saturated carbocycles. The fourth-order valence-electron chi connectivity index (χ4n) is 2.48. The van der Waals surface area contributed by atoms with E-state index in [9.17, 15) is 4.79 Å². The molecule has 2 aromatic rings. The van der Waals surface area contributed by atoms with E-state index in [2.05, 4.69) is 20.5 Å². The number of aromatic nitrogens is 2. The molecule has 0 atom stereocenters. The third-order valence-electron chi connectivity index (χ3n) is 3.33. The summed E-state index contributed by atoms with van der Waals surface area (Å²) >= 11 is 0. The van der Waals surface area contributed by atoms with Gasteiger partial charge in [-0.25, -0.2) is 4.98 Å². The molecule has 0 spiro atoms. The van der Waals surface area contributed by atoms with Crippen molar-refractivity contribution in [1.82, 2.24) is 9.55 Å². The van der Waals surface area contributed by atoms with Crippen molar-refractivity contribution in [3.63, 3.8) is 0 Å². The zero-order valence-electron chi connectivity index (χ0n) is 10.0. The van der Waals surface area contributed by atoms with Gasteiger partial charge in [0.2, 0.25) is 5.95 Å². The maximum absolute atomic E-state index is 10.5. The number of benzene rings is 1. The highest BCUT2D eigenvalue weighted by Crippen LogP contribution is 2.27. The van der Waals surface area contributed by atoms with Crippen LogP contribution in [0, 0.1) is 0 Å². The van der Waals surface area contributed by atoms with E-state index in [-0.39, 0.29) is 6.42 Å². The minimum atomic E-state index is -0.734. The molecule has 1 aliphatic rings. The van der Waals surface area contributed by atoms with E-state index < -0.39 is 5.97 Å². The molecule has 5 heteroatoms. The summed E-state index contributed by atoms with van der Waals surface area (Å²) in [5.74, 6) is 0.240. The SMILES string of the molecule is O=C(O)CCCN1CCn2c1nc1ccccc12. The number of carboxylic acids is 1. The first kappa shape index (κ1) is 11.1. The van der Waals surface area contributed by atoms with Crippen LogP contribution in [-0.4, -0.2) is 33.7 Å². The average Bonchev–Trinajstić information content (AvgIpc) is 2.88. The number of hydrogen-bond acceptors (Lipinski definition) is 3. The molecule has 1 aromatic carbocycles. The summed E-state index contributed by atoms with van der Waals surface area (Å²) in [6.45, 7) is 2.62. The molecule has 0 bridgehead atoms. The van der Waals surface area contributed by atoms with Gasteiger partial charge in [-0.3, -0.25) is 4.79 Å². The van der Waals surface area contributed by atoms with Gasteiger partial charge in [0.05, 0.1) is 11.0 Å². The molecule has 94 valence electrons. The zero-order valence-corrected chi connectivity index (χ0v) is 10.0. The summed E-state index contributed by atoms with van der Waals surface area (Å²) in [6, 6.07) is 8.09. The monoisotopic (exact) mass is 245 g/mol. The average molecular weight is 245 g/mol. The van der Waals surface area contributed by atoms with E-state index in [1.165, 1.54) is 0 Å². The number of hydrogen-bond donors (Lipinski definition) is 1. The van der Waals surface area contributed by atoms with Crippen LogP contribution in [0.25, 0.3) is 11.0 Å². The van der Waals surface area contributed by atoms with Gasteiger partial charge in [-0.1, -0.05) is 12.1 Å². The van der Waals surface area contributed by atoms with Crippen LogP contribution >= 0.6 is 0 Å². The van der Waals surface area contributed by atoms with Gasteiger partial charge in [0.25, 0.3) is 0 Å². The molecular weight excluding hydrogens is 230 g/mol. The molecule has 0 aliphatic carbocycles. The van der Waals surface area contributed by atoms with E-state index in [1.54, 1.807) is 0 Å². The molecule has 0 amide bonds. The van der Waals surface area contributed by atoms with Gasteiger partial charge < -0.3 is 14.6 Å². The maximum Gasteiger partial charge on any atom is 0.303 e. The summed E-state index contributed by atoms with van der Waals surface area (Å²) in [7, 11) is 0. The van der Waals surface area contributed by atoms with Gasteiger partial charge in [0.1, 0.15) is 0 Å². The molecule has 0 saturated heterocycles. The van der Waals surface area contributed by atoms with Crippen molar-refractivity contribution >= 4 is 23.0 Å². The highest BCUT2D eigenvalue weighted by atomic mass is 16.4. The van der Waals surface area contributed by atoms with Crippen molar-refractivity contribution in [3.05, 3.63) is 24.3 Å². The molecule has 0 fully saturated rings. The van der Waals surface area contributed by atoms with Crippen molar-refractivity contribution in [3.8, 4) is 0 Å². The van der Waals surface area contributed by atoms with Crippen molar-refractivity contribution in [2.24, 2.45) is 0 Å². The lowest BCUT2D eigenvalue weighted by Gasteiger charge is -2.14. The number of aliphatic carboxylic acids is 1. The second kappa shape index (κ2) is 4.33. The molecule has 5 nitrogen and oxygen atoms in total. The Balaban J connectivity index is 1.81. The van der Waals surface area contributed by atoms with E-state index >= 15 is 0 Å². The van der Waals surface area contributed by atoms with Crippen molar-refractivity contribution in [2.45, 2.75) is 19.4 Å². The van der Waals surface area contributed by atoms with Gasteiger partial charge in [-0.2, -0.15) is 0 Å². The number of anilines is 1. The summed E-state index contributed by atoms with van der Waals surface area (Å²) in [5.41, 5.74) is 2.17. The summed E-state index contributed by atoms with van der Waals surface area (Å²) < 4.78 is 2.20. The minimum Gasteiger partial charge on any atom is -0.481 e. The van der Waals surface area contributed by atoms with E-state index in [0.717, 1.165) is 36.6 Å². The largest absolute Gasteiger partial charge is 0.481 e. The lowest BCUT2D eigenvalue weighted by Crippen LogP contribution is -2.22. The predicted molar refractivity (Wildman–Crippen MR) is 68.8 cm³/mol. The molecule has 0 unspecified atom stereocenters. The molecular formula is C13H15N3O2. The quantitative estimate of drug-likeness (QED) is 0.891. The summed E-state index contributed by atoms with van der Waals surface area (Å²) in [4.78, 5) is 17.3. The minimum absolute atomic E-state index is 0.219. The van der Waals surface area contributed by atoms with Crippen molar-refractivity contribution in [2.75, 3.05) is 18.0 Å². The van der Waals surface area contributed by atoms with Gasteiger partial charge in [-0.05, 0) is 18.6 Å². The Morgan fingerprint density at radius 2 is 2.17 bits per heavy atom. The maximum atomic E-state index is 10.5. The molecule has 1 N–H and O–H groups in total. The first-order chi connectivity index (χ1) is 8.75. The van der Waals surface area contributed by atoms with Crippen LogP contribution in [-0.2, 0) is 11.3 Å². The Hall–Kier alpha value is -2.04. The van der Waals surface area contributed by atoms with Crippen LogP contribution in [0.3, 0.4) is 0 Å². The number of carboxylic acid groups (broad SMARTS) is 1. The van der Waals surface area contributed by atoms with Gasteiger partial charge in [0.15, 0.2) is 0 Å². The highest BCUT2D eigenvalue weighted by Gasteiger charge is 2.22. The molecule has 2 heterocycles. The van der Waals surface area contributed by atoms with Crippen LogP contribution in [0.2, 0.25) is 0 Å².